The molecule has 1 unspecified atom stereocenters. The van der Waals surface area contributed by atoms with Gasteiger partial charge in [0, 0.05) is 25.4 Å². The van der Waals surface area contributed by atoms with Crippen LogP contribution in [0, 0.1) is 0 Å². The first-order chi connectivity index (χ1) is 14.4. The molecule has 0 saturated carbocycles. The fourth-order valence-electron chi connectivity index (χ4n) is 3.48. The number of fused-ring (bicyclic) bond motifs is 2. The maximum Gasteiger partial charge on any atom is 0.308 e. The van der Waals surface area contributed by atoms with E-state index >= 15 is 0 Å². The molecule has 1 atom stereocenters. The molecule has 0 spiro atoms. The standard InChI is InChI=1S/C22H18ClN3O4/c1-14(27)25-9-8-15-4-2-3-5-18(15)19(25)11-22(29)30-13-17-10-21(28)26-12-16(23)6-7-20(26)24-17/h2-10,12,19H,11,13H2,1H3. The van der Waals surface area contributed by atoms with Crippen LogP contribution in [0.1, 0.15) is 36.2 Å². The van der Waals surface area contributed by atoms with E-state index in [0.29, 0.717) is 16.4 Å². The quantitative estimate of drug-likeness (QED) is 0.601. The van der Waals surface area contributed by atoms with Crippen molar-refractivity contribution < 1.29 is 14.3 Å². The molecule has 1 aromatic carbocycles. The van der Waals surface area contributed by atoms with E-state index in [2.05, 4.69) is 4.98 Å². The highest BCUT2D eigenvalue weighted by Gasteiger charge is 2.28. The Morgan fingerprint density at radius 3 is 2.80 bits per heavy atom. The smallest absolute Gasteiger partial charge is 0.308 e. The minimum absolute atomic E-state index is 0.0108. The van der Waals surface area contributed by atoms with Crippen LogP contribution in [0.25, 0.3) is 11.7 Å². The molecule has 0 radical (unpaired) electrons. The Kier molecular flexibility index (Phi) is 5.37. The van der Waals surface area contributed by atoms with Gasteiger partial charge in [-0.25, -0.2) is 4.98 Å². The van der Waals surface area contributed by atoms with Crippen LogP contribution >= 0.6 is 11.6 Å². The summed E-state index contributed by atoms with van der Waals surface area (Å²) in [5.41, 5.74) is 2.26. The van der Waals surface area contributed by atoms with Crippen molar-refractivity contribution in [3.05, 3.63) is 87.1 Å². The van der Waals surface area contributed by atoms with E-state index in [4.69, 9.17) is 16.3 Å². The molecule has 7 nitrogen and oxygen atoms in total. The van der Waals surface area contributed by atoms with Gasteiger partial charge in [-0.3, -0.25) is 18.8 Å². The predicted octanol–water partition coefficient (Wildman–Crippen LogP) is 3.36. The van der Waals surface area contributed by atoms with E-state index in [1.807, 2.05) is 30.3 Å². The average molecular weight is 424 g/mol. The second-order valence-electron chi connectivity index (χ2n) is 6.91. The Hall–Kier alpha value is -3.45. The van der Waals surface area contributed by atoms with E-state index < -0.39 is 12.0 Å². The molecule has 4 rings (SSSR count). The molecule has 0 bridgehead atoms. The van der Waals surface area contributed by atoms with E-state index in [1.165, 1.54) is 28.5 Å². The van der Waals surface area contributed by atoms with Crippen molar-refractivity contribution in [1.29, 1.82) is 0 Å². The summed E-state index contributed by atoms with van der Waals surface area (Å²) in [4.78, 5) is 42.7. The number of nitrogens with zero attached hydrogens (tertiary/aromatic N) is 3. The predicted molar refractivity (Wildman–Crippen MR) is 112 cm³/mol. The summed E-state index contributed by atoms with van der Waals surface area (Å²) < 4.78 is 6.69. The fourth-order valence-corrected chi connectivity index (χ4v) is 3.65. The second-order valence-corrected chi connectivity index (χ2v) is 7.35. The van der Waals surface area contributed by atoms with Gasteiger partial charge in [0.15, 0.2) is 0 Å². The Morgan fingerprint density at radius 2 is 2.00 bits per heavy atom. The number of rotatable bonds is 4. The number of pyridine rings is 1. The molecular weight excluding hydrogens is 406 g/mol. The molecule has 8 heteroatoms. The Balaban J connectivity index is 1.50. The number of halogens is 1. The summed E-state index contributed by atoms with van der Waals surface area (Å²) in [6.07, 6.45) is 4.99. The normalized spacial score (nSPS) is 15.1. The van der Waals surface area contributed by atoms with Crippen molar-refractivity contribution >= 4 is 35.2 Å². The second kappa shape index (κ2) is 8.12. The molecule has 1 aliphatic heterocycles. The lowest BCUT2D eigenvalue weighted by molar-refractivity contribution is -0.147. The first-order valence-electron chi connectivity index (χ1n) is 9.32. The summed E-state index contributed by atoms with van der Waals surface area (Å²) in [5.74, 6) is -0.657. The van der Waals surface area contributed by atoms with Crippen LogP contribution in [0.3, 0.4) is 0 Å². The largest absolute Gasteiger partial charge is 0.459 e. The fraction of sp³-hybridized carbons (Fsp3) is 0.182. The lowest BCUT2D eigenvalue weighted by Gasteiger charge is -2.32. The van der Waals surface area contributed by atoms with Crippen LogP contribution in [0.2, 0.25) is 5.02 Å². The topological polar surface area (TPSA) is 81.0 Å². The van der Waals surface area contributed by atoms with Crippen LogP contribution in [0.15, 0.2) is 59.7 Å². The lowest BCUT2D eigenvalue weighted by atomic mass is 9.94. The highest BCUT2D eigenvalue weighted by Crippen LogP contribution is 2.33. The van der Waals surface area contributed by atoms with Crippen molar-refractivity contribution in [2.24, 2.45) is 0 Å². The highest BCUT2D eigenvalue weighted by atomic mass is 35.5. The van der Waals surface area contributed by atoms with Gasteiger partial charge in [0.05, 0.1) is 23.2 Å². The summed E-state index contributed by atoms with van der Waals surface area (Å²) >= 11 is 5.91. The van der Waals surface area contributed by atoms with Gasteiger partial charge in [0.25, 0.3) is 5.56 Å². The van der Waals surface area contributed by atoms with Gasteiger partial charge < -0.3 is 9.64 Å². The summed E-state index contributed by atoms with van der Waals surface area (Å²) in [6.45, 7) is 1.31. The number of hydrogen-bond donors (Lipinski definition) is 0. The van der Waals surface area contributed by atoms with Gasteiger partial charge in [-0.1, -0.05) is 35.9 Å². The summed E-state index contributed by atoms with van der Waals surface area (Å²) in [5, 5.41) is 0.419. The number of hydrogen-bond acceptors (Lipinski definition) is 5. The van der Waals surface area contributed by atoms with Crippen LogP contribution in [0.4, 0.5) is 0 Å². The molecule has 30 heavy (non-hydrogen) atoms. The van der Waals surface area contributed by atoms with Gasteiger partial charge in [0.2, 0.25) is 5.91 Å². The minimum Gasteiger partial charge on any atom is -0.459 e. The van der Waals surface area contributed by atoms with E-state index in [9.17, 15) is 14.4 Å². The lowest BCUT2D eigenvalue weighted by Crippen LogP contribution is -2.32. The van der Waals surface area contributed by atoms with Crippen LogP contribution in [0.5, 0.6) is 0 Å². The number of aromatic nitrogens is 2. The maximum absolute atomic E-state index is 12.5. The molecule has 0 fully saturated rings. The summed E-state index contributed by atoms with van der Waals surface area (Å²) in [7, 11) is 0. The maximum atomic E-state index is 12.5. The average Bonchev–Trinajstić information content (AvgIpc) is 2.73. The van der Waals surface area contributed by atoms with Crippen molar-refractivity contribution in [2.45, 2.75) is 26.0 Å². The molecule has 1 amide bonds. The van der Waals surface area contributed by atoms with Crippen LogP contribution in [-0.4, -0.2) is 26.2 Å². The Bertz CT molecular complexity index is 1230. The zero-order valence-corrected chi connectivity index (χ0v) is 16.9. The Labute approximate surface area is 177 Å². The van der Waals surface area contributed by atoms with Gasteiger partial charge in [-0.15, -0.1) is 0 Å². The number of ether oxygens (including phenoxy) is 1. The molecule has 3 aromatic rings. The van der Waals surface area contributed by atoms with E-state index in [0.717, 1.165) is 11.1 Å². The molecule has 2 aromatic heterocycles. The molecular formula is C22H18ClN3O4. The third-order valence-corrected chi connectivity index (χ3v) is 5.11. The minimum atomic E-state index is -0.491. The SMILES string of the molecule is CC(=O)N1C=Cc2ccccc2C1CC(=O)OCc1cc(=O)n2cc(Cl)ccc2n1. The van der Waals surface area contributed by atoms with Crippen molar-refractivity contribution in [3.63, 3.8) is 0 Å². The number of carbonyl (C=O) groups excluding carboxylic acids is 2. The number of carbonyl (C=O) groups is 2. The van der Waals surface area contributed by atoms with Crippen LogP contribution < -0.4 is 5.56 Å². The first-order valence-corrected chi connectivity index (χ1v) is 9.69. The van der Waals surface area contributed by atoms with Gasteiger partial charge in [-0.05, 0) is 29.3 Å². The molecule has 1 aliphatic rings. The third kappa shape index (κ3) is 3.97. The van der Waals surface area contributed by atoms with Gasteiger partial charge in [-0.2, -0.15) is 0 Å². The molecule has 0 N–H and O–H groups in total. The van der Waals surface area contributed by atoms with E-state index in [1.54, 1.807) is 18.3 Å². The van der Waals surface area contributed by atoms with Crippen molar-refractivity contribution in [2.75, 3.05) is 0 Å². The van der Waals surface area contributed by atoms with Gasteiger partial charge in [0.1, 0.15) is 12.3 Å². The monoisotopic (exact) mass is 423 g/mol. The highest BCUT2D eigenvalue weighted by molar-refractivity contribution is 6.30. The number of esters is 1. The van der Waals surface area contributed by atoms with Crippen LogP contribution in [-0.2, 0) is 20.9 Å². The van der Waals surface area contributed by atoms with Gasteiger partial charge >= 0.3 is 5.97 Å². The zero-order valence-electron chi connectivity index (χ0n) is 16.1. The zero-order chi connectivity index (χ0) is 21.3. The summed E-state index contributed by atoms with van der Waals surface area (Å²) in [6, 6.07) is 11.7. The van der Waals surface area contributed by atoms with Crippen molar-refractivity contribution in [1.82, 2.24) is 14.3 Å². The number of amides is 1. The molecule has 152 valence electrons. The molecule has 0 aliphatic carbocycles. The van der Waals surface area contributed by atoms with E-state index in [-0.39, 0.29) is 24.5 Å². The van der Waals surface area contributed by atoms with Crippen molar-refractivity contribution in [3.8, 4) is 0 Å². The first kappa shape index (κ1) is 19.8. The third-order valence-electron chi connectivity index (χ3n) is 4.89. The molecule has 3 heterocycles. The molecule has 0 saturated heterocycles. The number of benzene rings is 1. The Morgan fingerprint density at radius 1 is 1.20 bits per heavy atom.